The van der Waals surface area contributed by atoms with Gasteiger partial charge < -0.3 is 19.8 Å². The number of aliphatic hydroxyl groups is 2. The van der Waals surface area contributed by atoms with Gasteiger partial charge in [-0.15, -0.1) is 0 Å². The van der Waals surface area contributed by atoms with Gasteiger partial charge in [-0.3, -0.25) is 4.79 Å². The minimum atomic E-state index is -2.08. The molecule has 1 saturated carbocycles. The number of carbonyl (C=O) groups is 1. The lowest BCUT2D eigenvalue weighted by molar-refractivity contribution is -0.156. The number of nitriles is 2. The van der Waals surface area contributed by atoms with Crippen molar-refractivity contribution in [3.05, 3.63) is 94.8 Å². The summed E-state index contributed by atoms with van der Waals surface area (Å²) < 4.78 is 6.57. The predicted molar refractivity (Wildman–Crippen MR) is 124 cm³/mol. The van der Waals surface area contributed by atoms with E-state index in [1.165, 1.54) is 17.2 Å². The number of benzene rings is 2. The highest BCUT2D eigenvalue weighted by Crippen LogP contribution is 2.68. The lowest BCUT2D eigenvalue weighted by atomic mass is 9.70. The number of aromatic nitrogens is 1. The Morgan fingerprint density at radius 3 is 2.37 bits per heavy atom. The number of hydrogen-bond donors (Lipinski definition) is 2. The monoisotopic (exact) mass is 466 g/mol. The molecule has 2 heterocycles. The van der Waals surface area contributed by atoms with Gasteiger partial charge in [0.1, 0.15) is 23.6 Å². The number of hydrogen-bond acceptors (Lipinski definition) is 7. The molecule has 1 unspecified atom stereocenters. The number of amides is 1. The van der Waals surface area contributed by atoms with Crippen LogP contribution in [0, 0.1) is 28.6 Å². The van der Waals surface area contributed by atoms with Crippen LogP contribution in [-0.2, 0) is 16.0 Å². The Bertz CT molecular complexity index is 1390. The van der Waals surface area contributed by atoms with E-state index in [0.717, 1.165) is 0 Å². The van der Waals surface area contributed by atoms with Gasteiger partial charge in [0, 0.05) is 32.3 Å². The van der Waals surface area contributed by atoms with Crippen molar-refractivity contribution < 1.29 is 19.7 Å². The number of nitrogens with zero attached hydrogens (tertiary/aromatic N) is 4. The highest BCUT2D eigenvalue weighted by molar-refractivity contribution is 5.82. The van der Waals surface area contributed by atoms with Gasteiger partial charge in [0.2, 0.25) is 5.91 Å². The maximum Gasteiger partial charge on any atom is 0.228 e. The normalized spacial score (nSPS) is 28.2. The Hall–Kier alpha value is -4.24. The SMILES string of the molecule is CN(C)C(=O)[C@H]1[C@@H](O)C2(O)c3cnc(C#N)cc3O[C@@]2(c2ccc(C#N)cc2)[C@@H]1c1ccccc1. The first-order valence-electron chi connectivity index (χ1n) is 11.1. The Morgan fingerprint density at radius 2 is 1.77 bits per heavy atom. The van der Waals surface area contributed by atoms with Crippen LogP contribution < -0.4 is 4.74 Å². The van der Waals surface area contributed by atoms with Crippen molar-refractivity contribution >= 4 is 5.91 Å². The molecule has 174 valence electrons. The van der Waals surface area contributed by atoms with Crippen molar-refractivity contribution in [1.29, 1.82) is 10.5 Å². The standard InChI is InChI=1S/C27H22N4O4/c1-31(2)25(33)22-23(17-6-4-3-5-7-17)27(18-10-8-16(13-28)9-11-18)26(34,24(22)32)20-15-30-19(14-29)12-21(20)35-27/h3-12,15,22-24,32,34H,1-2H3/t22-,23-,24-,26?,27+/m1/s1. The fourth-order valence-corrected chi connectivity index (χ4v) is 5.62. The minimum absolute atomic E-state index is 0.0916. The van der Waals surface area contributed by atoms with E-state index in [1.54, 1.807) is 38.4 Å². The van der Waals surface area contributed by atoms with Gasteiger partial charge in [-0.25, -0.2) is 4.98 Å². The third kappa shape index (κ3) is 2.91. The number of ether oxygens (including phenoxy) is 1. The molecule has 1 aromatic heterocycles. The summed E-state index contributed by atoms with van der Waals surface area (Å²) >= 11 is 0. The smallest absolute Gasteiger partial charge is 0.228 e. The fraction of sp³-hybridized carbons (Fsp3) is 0.259. The Balaban J connectivity index is 1.86. The van der Waals surface area contributed by atoms with Crippen LogP contribution in [0.1, 0.15) is 33.9 Å². The van der Waals surface area contributed by atoms with E-state index in [0.29, 0.717) is 16.7 Å². The summed E-state index contributed by atoms with van der Waals surface area (Å²) in [6, 6.07) is 21.1. The van der Waals surface area contributed by atoms with Crippen molar-refractivity contribution in [3.63, 3.8) is 0 Å². The number of fused-ring (bicyclic) bond motifs is 3. The van der Waals surface area contributed by atoms with E-state index in [2.05, 4.69) is 11.1 Å². The molecule has 2 N–H and O–H groups in total. The molecule has 5 atom stereocenters. The van der Waals surface area contributed by atoms with Crippen LogP contribution in [0.25, 0.3) is 0 Å². The van der Waals surface area contributed by atoms with Gasteiger partial charge in [-0.05, 0) is 23.3 Å². The molecule has 1 aliphatic carbocycles. The third-order valence-electron chi connectivity index (χ3n) is 7.12. The second kappa shape index (κ2) is 7.92. The van der Waals surface area contributed by atoms with Crippen LogP contribution in [0.3, 0.4) is 0 Å². The van der Waals surface area contributed by atoms with E-state index >= 15 is 0 Å². The van der Waals surface area contributed by atoms with Crippen LogP contribution in [0.15, 0.2) is 66.9 Å². The first-order chi connectivity index (χ1) is 16.8. The molecule has 1 amide bonds. The van der Waals surface area contributed by atoms with E-state index in [4.69, 9.17) is 4.74 Å². The van der Waals surface area contributed by atoms with Crippen LogP contribution in [-0.4, -0.2) is 46.2 Å². The van der Waals surface area contributed by atoms with Crippen molar-refractivity contribution in [2.45, 2.75) is 23.2 Å². The van der Waals surface area contributed by atoms with E-state index in [-0.39, 0.29) is 22.9 Å². The number of rotatable bonds is 3. The summed E-state index contributed by atoms with van der Waals surface area (Å²) in [7, 11) is 3.19. The fourth-order valence-electron chi connectivity index (χ4n) is 5.62. The largest absolute Gasteiger partial charge is 0.478 e. The second-order valence-corrected chi connectivity index (χ2v) is 9.06. The van der Waals surface area contributed by atoms with Crippen LogP contribution in [0.4, 0.5) is 0 Å². The van der Waals surface area contributed by atoms with Gasteiger partial charge in [0.25, 0.3) is 0 Å². The number of carbonyl (C=O) groups excluding carboxylic acids is 1. The quantitative estimate of drug-likeness (QED) is 0.605. The van der Waals surface area contributed by atoms with Crippen molar-refractivity contribution in [2.75, 3.05) is 14.1 Å². The Morgan fingerprint density at radius 1 is 1.09 bits per heavy atom. The summed E-state index contributed by atoms with van der Waals surface area (Å²) in [5.74, 6) is -2.03. The van der Waals surface area contributed by atoms with Gasteiger partial charge in [0.05, 0.1) is 23.1 Å². The number of pyridine rings is 1. The zero-order chi connectivity index (χ0) is 25.0. The number of aliphatic hydroxyl groups excluding tert-OH is 1. The average Bonchev–Trinajstić information content (AvgIpc) is 3.26. The molecule has 0 radical (unpaired) electrons. The first kappa shape index (κ1) is 22.5. The summed E-state index contributed by atoms with van der Waals surface area (Å²) in [5.41, 5.74) is -1.85. The highest BCUT2D eigenvalue weighted by Gasteiger charge is 2.77. The topological polar surface area (TPSA) is 130 Å². The highest BCUT2D eigenvalue weighted by atomic mass is 16.5. The molecule has 8 heteroatoms. The molecule has 0 saturated heterocycles. The molecule has 3 aromatic rings. The predicted octanol–water partition coefficient (Wildman–Crippen LogP) is 2.16. The summed E-state index contributed by atoms with van der Waals surface area (Å²) in [5, 5.41) is 42.9. The lowest BCUT2D eigenvalue weighted by Crippen LogP contribution is -2.52. The molecule has 5 rings (SSSR count). The van der Waals surface area contributed by atoms with Crippen LogP contribution in [0.2, 0.25) is 0 Å². The zero-order valence-corrected chi connectivity index (χ0v) is 19.1. The van der Waals surface area contributed by atoms with Gasteiger partial charge >= 0.3 is 0 Å². The summed E-state index contributed by atoms with van der Waals surface area (Å²) in [4.78, 5) is 19.0. The van der Waals surface area contributed by atoms with Crippen molar-refractivity contribution in [3.8, 4) is 17.9 Å². The first-order valence-corrected chi connectivity index (χ1v) is 11.1. The molecular weight excluding hydrogens is 444 g/mol. The van der Waals surface area contributed by atoms with Gasteiger partial charge in [-0.1, -0.05) is 42.5 Å². The lowest BCUT2D eigenvalue weighted by Gasteiger charge is -2.40. The van der Waals surface area contributed by atoms with E-state index < -0.39 is 29.1 Å². The molecule has 8 nitrogen and oxygen atoms in total. The van der Waals surface area contributed by atoms with Crippen LogP contribution in [0.5, 0.6) is 5.75 Å². The molecule has 35 heavy (non-hydrogen) atoms. The molecular formula is C27H22N4O4. The van der Waals surface area contributed by atoms with Crippen molar-refractivity contribution in [1.82, 2.24) is 9.88 Å². The molecule has 1 fully saturated rings. The summed E-state index contributed by atoms with van der Waals surface area (Å²) in [6.07, 6.45) is -0.234. The summed E-state index contributed by atoms with van der Waals surface area (Å²) in [6.45, 7) is 0. The average molecular weight is 466 g/mol. The Kier molecular flexibility index (Phi) is 5.10. The molecule has 0 spiro atoms. The van der Waals surface area contributed by atoms with E-state index in [1.807, 2.05) is 36.4 Å². The van der Waals surface area contributed by atoms with Crippen LogP contribution >= 0.6 is 0 Å². The van der Waals surface area contributed by atoms with Crippen molar-refractivity contribution in [2.24, 2.45) is 5.92 Å². The maximum absolute atomic E-state index is 13.5. The van der Waals surface area contributed by atoms with Gasteiger partial charge in [0.15, 0.2) is 11.2 Å². The molecule has 0 bridgehead atoms. The molecule has 2 aliphatic rings. The third-order valence-corrected chi connectivity index (χ3v) is 7.12. The second-order valence-electron chi connectivity index (χ2n) is 9.06. The Labute approximate surface area is 202 Å². The molecule has 1 aliphatic heterocycles. The zero-order valence-electron chi connectivity index (χ0n) is 19.1. The molecule has 2 aromatic carbocycles. The maximum atomic E-state index is 13.5. The minimum Gasteiger partial charge on any atom is -0.478 e. The van der Waals surface area contributed by atoms with E-state index in [9.17, 15) is 25.5 Å². The van der Waals surface area contributed by atoms with Gasteiger partial charge in [-0.2, -0.15) is 10.5 Å².